The van der Waals surface area contributed by atoms with Crippen LogP contribution in [0.1, 0.15) is 5.82 Å². The summed E-state index contributed by atoms with van der Waals surface area (Å²) in [5, 5.41) is 0.647. The topological polar surface area (TPSA) is 30.7 Å². The molecule has 0 atom stereocenters. The first kappa shape index (κ1) is 11.5. The van der Waals surface area contributed by atoms with Crippen LogP contribution in [-0.4, -0.2) is 14.5 Å². The summed E-state index contributed by atoms with van der Waals surface area (Å²) in [7, 11) is 0. The van der Waals surface area contributed by atoms with Crippen molar-refractivity contribution in [2.45, 2.75) is 5.88 Å². The number of nitrogens with zero attached hydrogens (tertiary/aromatic N) is 3. The molecule has 0 fully saturated rings. The van der Waals surface area contributed by atoms with Gasteiger partial charge < -0.3 is 0 Å². The zero-order valence-electron chi connectivity index (χ0n) is 9.35. The molecule has 1 aromatic carbocycles. The molecule has 0 N–H and O–H groups in total. The number of hydrogen-bond acceptors (Lipinski definition) is 2. The minimum atomic E-state index is 0.307. The zero-order chi connectivity index (χ0) is 12.5. The maximum absolute atomic E-state index is 6.23. The minimum absolute atomic E-state index is 0.307. The summed E-state index contributed by atoms with van der Waals surface area (Å²) in [5.41, 5.74) is 2.42. The fourth-order valence-corrected chi connectivity index (χ4v) is 2.33. The molecule has 0 amide bonds. The number of para-hydroxylation sites is 1. The predicted molar refractivity (Wildman–Crippen MR) is 73.4 cm³/mol. The van der Waals surface area contributed by atoms with E-state index in [4.69, 9.17) is 23.2 Å². The highest BCUT2D eigenvalue weighted by Gasteiger charge is 2.14. The molecular formula is C13H9Cl2N3. The van der Waals surface area contributed by atoms with Gasteiger partial charge in [0, 0.05) is 6.20 Å². The maximum atomic E-state index is 6.23. The van der Waals surface area contributed by atoms with E-state index >= 15 is 0 Å². The molecule has 0 aliphatic carbocycles. The molecule has 3 aromatic rings. The van der Waals surface area contributed by atoms with Crippen molar-refractivity contribution in [1.29, 1.82) is 0 Å². The number of hydrogen-bond donors (Lipinski definition) is 0. The lowest BCUT2D eigenvalue weighted by molar-refractivity contribution is 0.970. The summed E-state index contributed by atoms with van der Waals surface area (Å²) in [6, 6.07) is 11.3. The van der Waals surface area contributed by atoms with E-state index < -0.39 is 0 Å². The van der Waals surface area contributed by atoms with Crippen molar-refractivity contribution in [2.24, 2.45) is 0 Å². The Hall–Kier alpha value is -1.58. The first-order valence-corrected chi connectivity index (χ1v) is 6.35. The van der Waals surface area contributed by atoms with Crippen LogP contribution in [0.4, 0.5) is 0 Å². The second-order valence-electron chi connectivity index (χ2n) is 3.79. The van der Waals surface area contributed by atoms with Crippen LogP contribution in [-0.2, 0) is 5.88 Å². The van der Waals surface area contributed by atoms with Crippen LogP contribution in [0.25, 0.3) is 16.9 Å². The summed E-state index contributed by atoms with van der Waals surface area (Å²) < 4.78 is 1.89. The third-order valence-electron chi connectivity index (χ3n) is 2.70. The van der Waals surface area contributed by atoms with Crippen molar-refractivity contribution in [3.05, 3.63) is 53.4 Å². The van der Waals surface area contributed by atoms with Crippen LogP contribution in [0.3, 0.4) is 0 Å². The molecule has 0 saturated carbocycles. The lowest BCUT2D eigenvalue weighted by Gasteiger charge is -2.08. The number of rotatable bonds is 2. The summed E-state index contributed by atoms with van der Waals surface area (Å²) in [6.45, 7) is 0. The average molecular weight is 278 g/mol. The molecule has 0 aliphatic heterocycles. The van der Waals surface area contributed by atoms with Crippen molar-refractivity contribution < 1.29 is 0 Å². The number of halogens is 2. The van der Waals surface area contributed by atoms with E-state index in [1.54, 1.807) is 6.20 Å². The van der Waals surface area contributed by atoms with Gasteiger partial charge in [-0.25, -0.2) is 9.97 Å². The van der Waals surface area contributed by atoms with Crippen LogP contribution in [0, 0.1) is 0 Å². The molecule has 5 heteroatoms. The second kappa shape index (κ2) is 4.59. The number of alkyl halides is 1. The molecule has 3 nitrogen and oxygen atoms in total. The van der Waals surface area contributed by atoms with Crippen LogP contribution < -0.4 is 0 Å². The maximum Gasteiger partial charge on any atom is 0.164 e. The molecule has 3 rings (SSSR count). The van der Waals surface area contributed by atoms with Gasteiger partial charge in [-0.05, 0) is 24.3 Å². The van der Waals surface area contributed by atoms with Crippen molar-refractivity contribution in [2.75, 3.05) is 0 Å². The number of imidazole rings is 1. The van der Waals surface area contributed by atoms with Gasteiger partial charge in [0.25, 0.3) is 0 Å². The largest absolute Gasteiger partial charge is 0.278 e. The van der Waals surface area contributed by atoms with E-state index in [0.29, 0.717) is 10.9 Å². The Morgan fingerprint density at radius 2 is 1.94 bits per heavy atom. The highest BCUT2D eigenvalue weighted by atomic mass is 35.5. The second-order valence-corrected chi connectivity index (χ2v) is 4.47. The van der Waals surface area contributed by atoms with Gasteiger partial charge in [0.15, 0.2) is 5.65 Å². The molecule has 2 aromatic heterocycles. The fraction of sp³-hybridized carbons (Fsp3) is 0.0769. The highest BCUT2D eigenvalue weighted by Crippen LogP contribution is 2.26. The molecule has 90 valence electrons. The van der Waals surface area contributed by atoms with Gasteiger partial charge in [-0.15, -0.1) is 11.6 Å². The van der Waals surface area contributed by atoms with Gasteiger partial charge >= 0.3 is 0 Å². The SMILES string of the molecule is ClCc1nc2cccnc2n1-c1ccccc1Cl. The zero-order valence-corrected chi connectivity index (χ0v) is 10.9. The molecule has 0 saturated heterocycles. The van der Waals surface area contributed by atoms with Crippen molar-refractivity contribution in [3.8, 4) is 5.69 Å². The van der Waals surface area contributed by atoms with E-state index in [1.807, 2.05) is 41.0 Å². The van der Waals surface area contributed by atoms with Crippen LogP contribution in [0.5, 0.6) is 0 Å². The van der Waals surface area contributed by atoms with Gasteiger partial charge in [-0.3, -0.25) is 4.57 Å². The predicted octanol–water partition coefficient (Wildman–Crippen LogP) is 3.81. The van der Waals surface area contributed by atoms with Gasteiger partial charge in [-0.1, -0.05) is 23.7 Å². The number of fused-ring (bicyclic) bond motifs is 1. The Bertz CT molecular complexity index is 706. The molecule has 0 spiro atoms. The van der Waals surface area contributed by atoms with Crippen molar-refractivity contribution in [1.82, 2.24) is 14.5 Å². The molecule has 2 heterocycles. The molecule has 0 bridgehead atoms. The Morgan fingerprint density at radius 3 is 2.72 bits per heavy atom. The summed E-state index contributed by atoms with van der Waals surface area (Å²) in [4.78, 5) is 8.81. The summed E-state index contributed by atoms with van der Waals surface area (Å²) >= 11 is 12.2. The van der Waals surface area contributed by atoms with Crippen LogP contribution >= 0.6 is 23.2 Å². The fourth-order valence-electron chi connectivity index (χ4n) is 1.94. The average Bonchev–Trinajstić information content (AvgIpc) is 2.78. The standard InChI is InChI=1S/C13H9Cl2N3/c14-8-12-17-10-5-3-7-16-13(10)18(12)11-6-2-1-4-9(11)15/h1-7H,8H2. The number of benzene rings is 1. The quantitative estimate of drug-likeness (QED) is 0.667. The lowest BCUT2D eigenvalue weighted by atomic mass is 10.3. The molecule has 18 heavy (non-hydrogen) atoms. The summed E-state index contributed by atoms with van der Waals surface area (Å²) in [5.74, 6) is 1.04. The van der Waals surface area contributed by atoms with Crippen LogP contribution in [0.2, 0.25) is 5.02 Å². The highest BCUT2D eigenvalue weighted by molar-refractivity contribution is 6.32. The normalized spacial score (nSPS) is 11.0. The van der Waals surface area contributed by atoms with Crippen molar-refractivity contribution in [3.63, 3.8) is 0 Å². The van der Waals surface area contributed by atoms with Gasteiger partial charge in [0.1, 0.15) is 11.3 Å². The Kier molecular flexibility index (Phi) is 2.94. The van der Waals surface area contributed by atoms with Gasteiger partial charge in [0.2, 0.25) is 0 Å². The molecule has 0 radical (unpaired) electrons. The van der Waals surface area contributed by atoms with E-state index in [1.165, 1.54) is 0 Å². The van der Waals surface area contributed by atoms with E-state index in [2.05, 4.69) is 9.97 Å². The first-order chi connectivity index (χ1) is 8.81. The Morgan fingerprint density at radius 1 is 1.11 bits per heavy atom. The van der Waals surface area contributed by atoms with E-state index in [0.717, 1.165) is 22.7 Å². The van der Waals surface area contributed by atoms with Crippen LogP contribution in [0.15, 0.2) is 42.6 Å². The molecule has 0 unspecified atom stereocenters. The number of pyridine rings is 1. The lowest BCUT2D eigenvalue weighted by Crippen LogP contribution is -2.00. The Balaban J connectivity index is 2.37. The van der Waals surface area contributed by atoms with Gasteiger partial charge in [-0.2, -0.15) is 0 Å². The van der Waals surface area contributed by atoms with Gasteiger partial charge in [0.05, 0.1) is 16.6 Å². The van der Waals surface area contributed by atoms with Crippen molar-refractivity contribution >= 4 is 34.4 Å². The van der Waals surface area contributed by atoms with E-state index in [-0.39, 0.29) is 0 Å². The monoisotopic (exact) mass is 277 g/mol. The Labute approximate surface area is 114 Å². The third-order valence-corrected chi connectivity index (χ3v) is 3.26. The molecule has 0 aliphatic rings. The first-order valence-electron chi connectivity index (χ1n) is 5.44. The smallest absolute Gasteiger partial charge is 0.164 e. The minimum Gasteiger partial charge on any atom is -0.278 e. The third kappa shape index (κ3) is 1.76. The summed E-state index contributed by atoms with van der Waals surface area (Å²) in [6.07, 6.45) is 1.73. The van der Waals surface area contributed by atoms with E-state index in [9.17, 15) is 0 Å². The molecular weight excluding hydrogens is 269 g/mol. The number of aromatic nitrogens is 3.